The Kier molecular flexibility index (Phi) is 6.17. The average Bonchev–Trinajstić information content (AvgIpc) is 2.54. The summed E-state index contributed by atoms with van der Waals surface area (Å²) in [5.74, 6) is 1.59. The van der Waals surface area contributed by atoms with E-state index in [0.717, 1.165) is 27.7 Å². The van der Waals surface area contributed by atoms with Crippen molar-refractivity contribution in [3.8, 4) is 5.75 Å². The topological polar surface area (TPSA) is 72.5 Å². The van der Waals surface area contributed by atoms with E-state index in [1.165, 1.54) is 0 Å². The van der Waals surface area contributed by atoms with E-state index in [-0.39, 0.29) is 5.11 Å². The zero-order chi connectivity index (χ0) is 15.8. The maximum atomic E-state index is 5.40. The van der Waals surface area contributed by atoms with Crippen molar-refractivity contribution in [2.45, 2.75) is 10.8 Å². The van der Waals surface area contributed by atoms with E-state index < -0.39 is 0 Å². The Morgan fingerprint density at radius 2 is 2.32 bits per heavy atom. The Labute approximate surface area is 139 Å². The van der Waals surface area contributed by atoms with Crippen LogP contribution >= 0.6 is 24.0 Å². The van der Waals surface area contributed by atoms with Gasteiger partial charge < -0.3 is 10.5 Å². The maximum Gasteiger partial charge on any atom is 0.184 e. The van der Waals surface area contributed by atoms with Crippen LogP contribution in [0.3, 0.4) is 0 Å². The summed E-state index contributed by atoms with van der Waals surface area (Å²) in [6.45, 7) is 0. The molecule has 0 radical (unpaired) electrons. The fraction of sp³-hybridized carbons (Fsp3) is 0.133. The third-order valence-corrected chi connectivity index (χ3v) is 3.79. The van der Waals surface area contributed by atoms with Gasteiger partial charge in [0.25, 0.3) is 0 Å². The number of pyridine rings is 1. The maximum absolute atomic E-state index is 5.40. The Bertz CT molecular complexity index is 662. The zero-order valence-electron chi connectivity index (χ0n) is 12.0. The Hall–Kier alpha value is -2.12. The van der Waals surface area contributed by atoms with Gasteiger partial charge in [0.2, 0.25) is 0 Å². The number of nitrogens with one attached hydrogen (secondary N) is 1. The second-order valence-electron chi connectivity index (χ2n) is 4.26. The highest BCUT2D eigenvalue weighted by atomic mass is 32.2. The molecule has 5 nitrogen and oxygen atoms in total. The lowest BCUT2D eigenvalue weighted by Crippen LogP contribution is -2.23. The first-order chi connectivity index (χ1) is 10.7. The number of hydrogen-bond acceptors (Lipinski definition) is 5. The van der Waals surface area contributed by atoms with E-state index in [4.69, 9.17) is 22.7 Å². The zero-order valence-corrected chi connectivity index (χ0v) is 13.7. The Balaban J connectivity index is 2.10. The molecule has 0 fully saturated rings. The molecule has 0 unspecified atom stereocenters. The number of thioether (sulfide) groups is 1. The molecule has 3 N–H and O–H groups in total. The molecule has 2 aromatic rings. The van der Waals surface area contributed by atoms with Crippen LogP contribution in [0.4, 0.5) is 0 Å². The number of benzene rings is 1. The average molecular weight is 332 g/mol. The predicted molar refractivity (Wildman–Crippen MR) is 94.3 cm³/mol. The third-order valence-electron chi connectivity index (χ3n) is 2.71. The minimum absolute atomic E-state index is 0.135. The Morgan fingerprint density at radius 1 is 1.45 bits per heavy atom. The van der Waals surface area contributed by atoms with Crippen molar-refractivity contribution in [1.82, 2.24) is 10.4 Å². The van der Waals surface area contributed by atoms with E-state index in [0.29, 0.717) is 0 Å². The molecule has 114 valence electrons. The molecular weight excluding hydrogens is 316 g/mol. The van der Waals surface area contributed by atoms with Crippen LogP contribution in [-0.4, -0.2) is 23.4 Å². The summed E-state index contributed by atoms with van der Waals surface area (Å²) in [5.41, 5.74) is 9.85. The molecule has 22 heavy (non-hydrogen) atoms. The molecule has 1 aromatic heterocycles. The largest absolute Gasteiger partial charge is 0.496 e. The molecule has 1 aromatic carbocycles. The van der Waals surface area contributed by atoms with Crippen molar-refractivity contribution in [2.75, 3.05) is 7.11 Å². The first kappa shape index (κ1) is 16.3. The van der Waals surface area contributed by atoms with E-state index in [1.54, 1.807) is 31.3 Å². The van der Waals surface area contributed by atoms with Crippen LogP contribution in [0.15, 0.2) is 52.7 Å². The number of thiocarbonyl (C=S) groups is 1. The molecule has 0 atom stereocenters. The molecule has 2 rings (SSSR count). The van der Waals surface area contributed by atoms with Crippen LogP contribution < -0.4 is 15.9 Å². The number of nitrogens with zero attached hydrogens (tertiary/aromatic N) is 2. The summed E-state index contributed by atoms with van der Waals surface area (Å²) in [6.07, 6.45) is 3.44. The molecule has 0 bridgehead atoms. The van der Waals surface area contributed by atoms with Gasteiger partial charge in [-0.3, -0.25) is 5.43 Å². The monoisotopic (exact) mass is 332 g/mol. The van der Waals surface area contributed by atoms with Gasteiger partial charge in [0, 0.05) is 17.5 Å². The molecule has 1 heterocycles. The first-order valence-electron chi connectivity index (χ1n) is 6.48. The number of hydrazone groups is 1. The Morgan fingerprint density at radius 3 is 3.00 bits per heavy atom. The summed E-state index contributed by atoms with van der Waals surface area (Å²) in [5, 5.41) is 5.06. The molecule has 7 heteroatoms. The highest BCUT2D eigenvalue weighted by Gasteiger charge is 2.05. The van der Waals surface area contributed by atoms with Crippen LogP contribution in [0.25, 0.3) is 0 Å². The first-order valence-corrected chi connectivity index (χ1v) is 7.87. The molecule has 0 amide bonds. The van der Waals surface area contributed by atoms with Gasteiger partial charge in [-0.15, -0.1) is 11.8 Å². The van der Waals surface area contributed by atoms with E-state index in [1.807, 2.05) is 36.4 Å². The lowest BCUT2D eigenvalue weighted by atomic mass is 10.1. The number of rotatable bonds is 6. The normalized spacial score (nSPS) is 10.6. The fourth-order valence-corrected chi connectivity index (χ4v) is 2.64. The molecular formula is C15H16N4OS2. The SMILES string of the molecule is COc1ccc(/C=N\NC(N)=S)cc1CSc1ccccn1. The molecule has 0 saturated carbocycles. The minimum Gasteiger partial charge on any atom is -0.496 e. The van der Waals surface area contributed by atoms with Gasteiger partial charge >= 0.3 is 0 Å². The van der Waals surface area contributed by atoms with Gasteiger partial charge in [0.05, 0.1) is 18.4 Å². The van der Waals surface area contributed by atoms with Crippen molar-refractivity contribution in [3.63, 3.8) is 0 Å². The molecule has 0 aliphatic heterocycles. The van der Waals surface area contributed by atoms with Crippen LogP contribution in [0.1, 0.15) is 11.1 Å². The molecule has 0 saturated heterocycles. The summed E-state index contributed by atoms with van der Waals surface area (Å²) in [4.78, 5) is 4.30. The summed E-state index contributed by atoms with van der Waals surface area (Å²) in [7, 11) is 1.66. The lowest BCUT2D eigenvalue weighted by molar-refractivity contribution is 0.411. The van der Waals surface area contributed by atoms with Crippen LogP contribution in [0.5, 0.6) is 5.75 Å². The fourth-order valence-electron chi connectivity index (χ4n) is 1.75. The minimum atomic E-state index is 0.135. The van der Waals surface area contributed by atoms with Gasteiger partial charge in [-0.2, -0.15) is 5.10 Å². The lowest BCUT2D eigenvalue weighted by Gasteiger charge is -2.09. The van der Waals surface area contributed by atoms with Crippen molar-refractivity contribution >= 4 is 35.3 Å². The van der Waals surface area contributed by atoms with Crippen molar-refractivity contribution < 1.29 is 4.74 Å². The summed E-state index contributed by atoms with van der Waals surface area (Å²) < 4.78 is 5.40. The smallest absolute Gasteiger partial charge is 0.184 e. The van der Waals surface area contributed by atoms with Crippen LogP contribution in [-0.2, 0) is 5.75 Å². The summed E-state index contributed by atoms with van der Waals surface area (Å²) >= 11 is 6.34. The van der Waals surface area contributed by atoms with Crippen molar-refractivity contribution in [2.24, 2.45) is 10.8 Å². The van der Waals surface area contributed by atoms with Gasteiger partial charge in [0.15, 0.2) is 5.11 Å². The molecule has 0 spiro atoms. The highest BCUT2D eigenvalue weighted by Crippen LogP contribution is 2.27. The van der Waals surface area contributed by atoms with Gasteiger partial charge in [-0.05, 0) is 48.1 Å². The predicted octanol–water partition coefficient (Wildman–Crippen LogP) is 2.55. The van der Waals surface area contributed by atoms with Crippen molar-refractivity contribution in [3.05, 3.63) is 53.7 Å². The molecule has 0 aliphatic carbocycles. The van der Waals surface area contributed by atoms with Gasteiger partial charge in [-0.1, -0.05) is 6.07 Å². The second-order valence-corrected chi connectivity index (χ2v) is 5.70. The number of nitrogens with two attached hydrogens (primary N) is 1. The summed E-state index contributed by atoms with van der Waals surface area (Å²) in [6, 6.07) is 11.7. The van der Waals surface area contributed by atoms with Gasteiger partial charge in [0.1, 0.15) is 5.75 Å². The quantitative estimate of drug-likeness (QED) is 0.367. The van der Waals surface area contributed by atoms with Crippen LogP contribution in [0, 0.1) is 0 Å². The number of hydrogen-bond donors (Lipinski definition) is 2. The number of methoxy groups -OCH3 is 1. The second kappa shape index (κ2) is 8.35. The number of ether oxygens (including phenoxy) is 1. The van der Waals surface area contributed by atoms with Gasteiger partial charge in [-0.25, -0.2) is 4.98 Å². The van der Waals surface area contributed by atoms with Crippen molar-refractivity contribution in [1.29, 1.82) is 0 Å². The number of aromatic nitrogens is 1. The van der Waals surface area contributed by atoms with Crippen LogP contribution in [0.2, 0.25) is 0 Å². The standard InChI is InChI=1S/C15H16N4OS2/c1-20-13-6-5-11(9-18-19-15(16)21)8-12(13)10-22-14-4-2-3-7-17-14/h2-9H,10H2,1H3,(H3,16,19,21)/b18-9-. The highest BCUT2D eigenvalue weighted by molar-refractivity contribution is 7.98. The van der Waals surface area contributed by atoms with E-state index in [9.17, 15) is 0 Å². The third kappa shape index (κ3) is 5.01. The molecule has 0 aliphatic rings. The van der Waals surface area contributed by atoms with E-state index >= 15 is 0 Å². The van der Waals surface area contributed by atoms with E-state index in [2.05, 4.69) is 15.5 Å².